The van der Waals surface area contributed by atoms with Crippen LogP contribution in [0.15, 0.2) is 35.1 Å². The SMILES string of the molecule is O=C(COc1ccc(Cl)cc1)OCc1cc(=O)n2c3c(sc2n1)CCCC3. The van der Waals surface area contributed by atoms with Crippen molar-refractivity contribution in [3.05, 3.63) is 62.0 Å². The van der Waals surface area contributed by atoms with E-state index < -0.39 is 5.97 Å². The zero-order valence-electron chi connectivity index (χ0n) is 14.4. The molecule has 3 aromatic rings. The minimum Gasteiger partial charge on any atom is -0.482 e. The van der Waals surface area contributed by atoms with E-state index in [0.29, 0.717) is 21.4 Å². The molecule has 2 aromatic heterocycles. The second-order valence-electron chi connectivity index (χ2n) is 6.29. The summed E-state index contributed by atoms with van der Waals surface area (Å²) in [5, 5.41) is 0.591. The lowest BCUT2D eigenvalue weighted by Gasteiger charge is -2.10. The number of esters is 1. The van der Waals surface area contributed by atoms with Crippen molar-refractivity contribution in [2.24, 2.45) is 0 Å². The highest BCUT2D eigenvalue weighted by molar-refractivity contribution is 7.17. The molecule has 1 aliphatic carbocycles. The number of carbonyl (C=O) groups excluding carboxylic acids is 1. The number of nitrogens with zero attached hydrogens (tertiary/aromatic N) is 2. The van der Waals surface area contributed by atoms with Crippen molar-refractivity contribution in [2.75, 3.05) is 6.61 Å². The van der Waals surface area contributed by atoms with Crippen molar-refractivity contribution < 1.29 is 14.3 Å². The van der Waals surface area contributed by atoms with Crippen LogP contribution in [0.1, 0.15) is 29.1 Å². The Labute approximate surface area is 164 Å². The molecule has 1 aliphatic rings. The number of rotatable bonds is 5. The number of benzene rings is 1. The summed E-state index contributed by atoms with van der Waals surface area (Å²) in [4.78, 5) is 30.7. The van der Waals surface area contributed by atoms with Gasteiger partial charge in [0.05, 0.1) is 5.69 Å². The second-order valence-corrected chi connectivity index (χ2v) is 7.78. The van der Waals surface area contributed by atoms with Crippen LogP contribution in [-0.4, -0.2) is 22.0 Å². The monoisotopic (exact) mass is 404 g/mol. The summed E-state index contributed by atoms with van der Waals surface area (Å²) in [5.41, 5.74) is 1.40. The van der Waals surface area contributed by atoms with Crippen LogP contribution in [0.2, 0.25) is 5.02 Å². The lowest BCUT2D eigenvalue weighted by molar-refractivity contribution is -0.147. The molecule has 0 fully saturated rings. The van der Waals surface area contributed by atoms with Gasteiger partial charge < -0.3 is 9.47 Å². The Bertz CT molecular complexity index is 1040. The smallest absolute Gasteiger partial charge is 0.344 e. The van der Waals surface area contributed by atoms with Crippen LogP contribution in [0.3, 0.4) is 0 Å². The minimum atomic E-state index is -0.530. The summed E-state index contributed by atoms with van der Waals surface area (Å²) in [5.74, 6) is -0.00396. The van der Waals surface area contributed by atoms with Gasteiger partial charge in [0, 0.05) is 21.7 Å². The number of aromatic nitrogens is 2. The van der Waals surface area contributed by atoms with E-state index >= 15 is 0 Å². The average Bonchev–Trinajstić information content (AvgIpc) is 3.05. The molecule has 6 nitrogen and oxygen atoms in total. The third-order valence-electron chi connectivity index (χ3n) is 4.37. The van der Waals surface area contributed by atoms with Gasteiger partial charge in [0.1, 0.15) is 12.4 Å². The highest BCUT2D eigenvalue weighted by atomic mass is 35.5. The van der Waals surface area contributed by atoms with Crippen LogP contribution in [0.4, 0.5) is 0 Å². The number of hydrogen-bond acceptors (Lipinski definition) is 6. The first-order valence-corrected chi connectivity index (χ1v) is 9.87. The molecule has 4 rings (SSSR count). The van der Waals surface area contributed by atoms with E-state index in [4.69, 9.17) is 21.1 Å². The van der Waals surface area contributed by atoms with Crippen LogP contribution in [0.25, 0.3) is 4.96 Å². The van der Waals surface area contributed by atoms with Gasteiger partial charge >= 0.3 is 5.97 Å². The van der Waals surface area contributed by atoms with Gasteiger partial charge in [-0.1, -0.05) is 11.6 Å². The number of fused-ring (bicyclic) bond motifs is 3. The summed E-state index contributed by atoms with van der Waals surface area (Å²) in [6.45, 7) is -0.284. The van der Waals surface area contributed by atoms with Crippen molar-refractivity contribution in [3.63, 3.8) is 0 Å². The fourth-order valence-electron chi connectivity index (χ4n) is 3.08. The lowest BCUT2D eigenvalue weighted by Crippen LogP contribution is -2.19. The first kappa shape index (κ1) is 18.0. The van der Waals surface area contributed by atoms with Gasteiger partial charge in [0.2, 0.25) is 0 Å². The molecule has 0 saturated carbocycles. The van der Waals surface area contributed by atoms with E-state index in [1.165, 1.54) is 10.9 Å². The molecule has 0 bridgehead atoms. The molecule has 140 valence electrons. The van der Waals surface area contributed by atoms with Gasteiger partial charge in [0.25, 0.3) is 5.56 Å². The summed E-state index contributed by atoms with van der Waals surface area (Å²) >= 11 is 7.35. The van der Waals surface area contributed by atoms with Gasteiger partial charge in [-0.05, 0) is 49.9 Å². The standard InChI is InChI=1S/C19H17ClN2O4S/c20-12-5-7-14(8-6-12)25-11-18(24)26-10-13-9-17(23)22-15-3-1-2-4-16(15)27-19(22)21-13/h5-9H,1-4,10-11H2. The molecule has 0 N–H and O–H groups in total. The van der Waals surface area contributed by atoms with Crippen LogP contribution in [0, 0.1) is 0 Å². The maximum atomic E-state index is 12.5. The average molecular weight is 405 g/mol. The summed E-state index contributed by atoms with van der Waals surface area (Å²) in [7, 11) is 0. The third-order valence-corrected chi connectivity index (χ3v) is 5.76. The predicted molar refractivity (Wildman–Crippen MR) is 103 cm³/mol. The molecule has 27 heavy (non-hydrogen) atoms. The number of ether oxygens (including phenoxy) is 2. The van der Waals surface area contributed by atoms with E-state index in [0.717, 1.165) is 31.4 Å². The summed E-state index contributed by atoms with van der Waals surface area (Å²) in [6, 6.07) is 8.13. The zero-order valence-corrected chi connectivity index (χ0v) is 16.0. The fourth-order valence-corrected chi connectivity index (χ4v) is 4.44. The van der Waals surface area contributed by atoms with Gasteiger partial charge in [0.15, 0.2) is 11.6 Å². The van der Waals surface area contributed by atoms with Crippen LogP contribution in [0.5, 0.6) is 5.75 Å². The van der Waals surface area contributed by atoms with Crippen LogP contribution < -0.4 is 10.3 Å². The van der Waals surface area contributed by atoms with E-state index in [9.17, 15) is 9.59 Å². The van der Waals surface area contributed by atoms with Crippen molar-refractivity contribution in [1.82, 2.24) is 9.38 Å². The summed E-state index contributed by atoms with van der Waals surface area (Å²) < 4.78 is 12.2. The minimum absolute atomic E-state index is 0.0584. The number of halogens is 1. The normalized spacial score (nSPS) is 13.4. The van der Waals surface area contributed by atoms with Crippen molar-refractivity contribution in [2.45, 2.75) is 32.3 Å². The van der Waals surface area contributed by atoms with Gasteiger partial charge in [-0.2, -0.15) is 0 Å². The first-order chi connectivity index (χ1) is 13.1. The molecule has 0 amide bonds. The largest absolute Gasteiger partial charge is 0.482 e. The predicted octanol–water partition coefficient (Wildman–Crippen LogP) is 3.41. The number of hydrogen-bond donors (Lipinski definition) is 0. The molecule has 0 unspecified atom stereocenters. The topological polar surface area (TPSA) is 69.9 Å². The zero-order chi connectivity index (χ0) is 18.8. The molecule has 0 saturated heterocycles. The Balaban J connectivity index is 1.40. The van der Waals surface area contributed by atoms with Crippen molar-refractivity contribution >= 4 is 33.9 Å². The van der Waals surface area contributed by atoms with E-state index in [-0.39, 0.29) is 18.8 Å². The molecular formula is C19H17ClN2O4S. The Morgan fingerprint density at radius 3 is 2.81 bits per heavy atom. The molecule has 0 aliphatic heterocycles. The maximum Gasteiger partial charge on any atom is 0.344 e. The van der Waals surface area contributed by atoms with Gasteiger partial charge in [-0.15, -0.1) is 11.3 Å². The Hall–Kier alpha value is -2.38. The highest BCUT2D eigenvalue weighted by Gasteiger charge is 2.18. The second kappa shape index (κ2) is 7.70. The van der Waals surface area contributed by atoms with Gasteiger partial charge in [-0.3, -0.25) is 9.20 Å². The fraction of sp³-hybridized carbons (Fsp3) is 0.316. The molecular weight excluding hydrogens is 388 g/mol. The van der Waals surface area contributed by atoms with Gasteiger partial charge in [-0.25, -0.2) is 9.78 Å². The lowest BCUT2D eigenvalue weighted by atomic mass is 10.0. The highest BCUT2D eigenvalue weighted by Crippen LogP contribution is 2.28. The molecule has 2 heterocycles. The van der Waals surface area contributed by atoms with E-state index in [1.807, 2.05) is 0 Å². The van der Waals surface area contributed by atoms with E-state index in [1.54, 1.807) is 40.0 Å². The van der Waals surface area contributed by atoms with Crippen LogP contribution in [-0.2, 0) is 29.0 Å². The van der Waals surface area contributed by atoms with Crippen molar-refractivity contribution in [3.8, 4) is 5.75 Å². The third kappa shape index (κ3) is 3.99. The maximum absolute atomic E-state index is 12.5. The Morgan fingerprint density at radius 2 is 2.00 bits per heavy atom. The molecule has 8 heteroatoms. The Morgan fingerprint density at radius 1 is 1.22 bits per heavy atom. The molecule has 0 spiro atoms. The number of aryl methyl sites for hydroxylation is 2. The molecule has 0 atom stereocenters. The van der Waals surface area contributed by atoms with Crippen LogP contribution >= 0.6 is 22.9 Å². The van der Waals surface area contributed by atoms with E-state index in [2.05, 4.69) is 4.98 Å². The number of thiazole rings is 1. The quantitative estimate of drug-likeness (QED) is 0.609. The molecule has 1 aromatic carbocycles. The van der Waals surface area contributed by atoms with Crippen molar-refractivity contribution in [1.29, 1.82) is 0 Å². The Kier molecular flexibility index (Phi) is 5.13. The summed E-state index contributed by atoms with van der Waals surface area (Å²) in [6.07, 6.45) is 4.15. The first-order valence-electron chi connectivity index (χ1n) is 8.67. The molecule has 0 radical (unpaired) electrons. The number of carbonyl (C=O) groups is 1.